The summed E-state index contributed by atoms with van der Waals surface area (Å²) in [7, 11) is 1.58. The molecule has 0 saturated carbocycles. The Hall–Kier alpha value is 0.316. The summed E-state index contributed by atoms with van der Waals surface area (Å²) < 4.78 is 0. The average molecular weight is 265 g/mol. The van der Waals surface area contributed by atoms with E-state index < -0.39 is 5.97 Å². The predicted molar refractivity (Wildman–Crippen MR) is 60.5 cm³/mol. The third-order valence-corrected chi connectivity index (χ3v) is 2.26. The molecule has 0 rings (SSSR count). The van der Waals surface area contributed by atoms with Crippen LogP contribution in [0.25, 0.3) is 0 Å². The van der Waals surface area contributed by atoms with Crippen molar-refractivity contribution in [2.24, 2.45) is 0 Å². The van der Waals surface area contributed by atoms with Crippen molar-refractivity contribution >= 4 is 11.9 Å². The monoisotopic (exact) mass is 265 g/mol. The van der Waals surface area contributed by atoms with Gasteiger partial charge in [-0.15, -0.1) is 0 Å². The molecule has 1 amide bonds. The van der Waals surface area contributed by atoms with Gasteiger partial charge in [0.05, 0.1) is 0 Å². The van der Waals surface area contributed by atoms with Gasteiger partial charge >= 0.3 is 51.4 Å². The van der Waals surface area contributed by atoms with Crippen LogP contribution in [0, 0.1) is 0 Å². The van der Waals surface area contributed by atoms with Crippen LogP contribution in [-0.2, 0) is 9.59 Å². The summed E-state index contributed by atoms with van der Waals surface area (Å²) in [6.07, 6.45) is 7.54. The van der Waals surface area contributed by atoms with Crippen molar-refractivity contribution in [2.75, 3.05) is 13.6 Å². The molecule has 92 valence electrons. The fourth-order valence-electron chi connectivity index (χ4n) is 1.19. The van der Waals surface area contributed by atoms with Gasteiger partial charge in [0.25, 0.3) is 0 Å². The van der Waals surface area contributed by atoms with Crippen LogP contribution in [0.4, 0.5) is 0 Å². The van der Waals surface area contributed by atoms with Crippen LogP contribution in [0.3, 0.4) is 0 Å². The zero-order valence-electron chi connectivity index (χ0n) is 11.1. The Kier molecular flexibility index (Phi) is 14.8. The molecule has 0 aliphatic rings. The number of allylic oxidation sites excluding steroid dienone is 1. The second kappa shape index (κ2) is 12.8. The summed E-state index contributed by atoms with van der Waals surface area (Å²) in [4.78, 5) is 23.0. The normalized spacial score (nSPS) is 10.0. The molecule has 0 spiro atoms. The quantitative estimate of drug-likeness (QED) is 0.282. The first-order valence-electron chi connectivity index (χ1n) is 5.69. The molecule has 17 heavy (non-hydrogen) atoms. The van der Waals surface area contributed by atoms with Crippen LogP contribution in [0.15, 0.2) is 12.2 Å². The second-order valence-electron chi connectivity index (χ2n) is 3.78. The zero-order chi connectivity index (χ0) is 12.4. The molecule has 0 fully saturated rings. The van der Waals surface area contributed by atoms with Crippen molar-refractivity contribution in [3.63, 3.8) is 0 Å². The maximum atomic E-state index is 11.4. The minimum atomic E-state index is -1.13. The van der Waals surface area contributed by atoms with Crippen molar-refractivity contribution in [3.05, 3.63) is 12.2 Å². The van der Waals surface area contributed by atoms with Crippen molar-refractivity contribution in [2.45, 2.75) is 39.0 Å². The Morgan fingerprint density at radius 3 is 2.47 bits per heavy atom. The van der Waals surface area contributed by atoms with Gasteiger partial charge in [-0.3, -0.25) is 4.79 Å². The van der Waals surface area contributed by atoms with Gasteiger partial charge in [0.15, 0.2) is 0 Å². The molecule has 0 radical (unpaired) electrons. The number of hydrogen-bond donors (Lipinski definition) is 0. The molecule has 0 aliphatic carbocycles. The number of carbonyl (C=O) groups is 2. The largest absolute Gasteiger partial charge is 1.00 e. The van der Waals surface area contributed by atoms with Crippen LogP contribution < -0.4 is 56.5 Å². The first-order chi connectivity index (χ1) is 7.57. The number of carbonyl (C=O) groups excluding carboxylic acids is 2. The topological polar surface area (TPSA) is 60.4 Å². The van der Waals surface area contributed by atoms with E-state index in [9.17, 15) is 14.7 Å². The van der Waals surface area contributed by atoms with E-state index in [2.05, 4.69) is 6.92 Å². The second-order valence-corrected chi connectivity index (χ2v) is 3.78. The summed E-state index contributed by atoms with van der Waals surface area (Å²) >= 11 is 0. The van der Waals surface area contributed by atoms with E-state index in [0.717, 1.165) is 19.3 Å². The molecule has 0 unspecified atom stereocenters. The maximum Gasteiger partial charge on any atom is 1.00 e. The number of rotatable bonds is 8. The van der Waals surface area contributed by atoms with Crippen LogP contribution in [0.2, 0.25) is 0 Å². The summed E-state index contributed by atoms with van der Waals surface area (Å²) in [5.74, 6) is -1.29. The van der Waals surface area contributed by atoms with Gasteiger partial charge < -0.3 is 14.8 Å². The number of unbranched alkanes of at least 4 members (excludes halogenated alkanes) is 3. The third kappa shape index (κ3) is 12.6. The summed E-state index contributed by atoms with van der Waals surface area (Å²) in [5.41, 5.74) is 0. The molecule has 4 nitrogen and oxygen atoms in total. The standard InChI is InChI=1S/C12H21NO3.K/c1-3-4-5-6-7-8-11(14)13(2)10-9-12(15)16;/h7-8H,3-6,9-10H2,1-2H3,(H,15,16);/q;+1/p-1/b8-7+;. The molecule has 0 aromatic heterocycles. The van der Waals surface area contributed by atoms with E-state index in [1.807, 2.05) is 6.08 Å². The molecular formula is C12H20KNO3. The predicted octanol–water partition coefficient (Wildman–Crippen LogP) is -2.27. The van der Waals surface area contributed by atoms with Crippen LogP contribution >= 0.6 is 0 Å². The number of amides is 1. The molecule has 0 heterocycles. The third-order valence-electron chi connectivity index (χ3n) is 2.26. The Morgan fingerprint density at radius 2 is 1.94 bits per heavy atom. The van der Waals surface area contributed by atoms with Crippen molar-refractivity contribution < 1.29 is 66.1 Å². The van der Waals surface area contributed by atoms with Gasteiger partial charge in [0.1, 0.15) is 0 Å². The smallest absolute Gasteiger partial charge is 0.550 e. The van der Waals surface area contributed by atoms with Crippen molar-refractivity contribution in [3.8, 4) is 0 Å². The zero-order valence-corrected chi connectivity index (χ0v) is 14.2. The first-order valence-corrected chi connectivity index (χ1v) is 5.69. The van der Waals surface area contributed by atoms with Gasteiger partial charge in [-0.2, -0.15) is 0 Å². The van der Waals surface area contributed by atoms with E-state index in [4.69, 9.17) is 0 Å². The number of nitrogens with zero attached hydrogens (tertiary/aromatic N) is 1. The Labute approximate surface area is 146 Å². The minimum Gasteiger partial charge on any atom is -0.550 e. The fourth-order valence-corrected chi connectivity index (χ4v) is 1.19. The van der Waals surface area contributed by atoms with Crippen molar-refractivity contribution in [1.82, 2.24) is 4.90 Å². The summed E-state index contributed by atoms with van der Waals surface area (Å²) in [5, 5.41) is 10.2. The number of carboxylic acid groups (broad SMARTS) is 1. The van der Waals surface area contributed by atoms with Gasteiger partial charge in [-0.1, -0.05) is 25.8 Å². The van der Waals surface area contributed by atoms with E-state index in [1.165, 1.54) is 17.4 Å². The minimum absolute atomic E-state index is 0. The van der Waals surface area contributed by atoms with Gasteiger partial charge in [-0.05, 0) is 18.9 Å². The number of carboxylic acids is 1. The maximum absolute atomic E-state index is 11.4. The molecular weight excluding hydrogens is 245 g/mol. The van der Waals surface area contributed by atoms with E-state index in [-0.39, 0.29) is 70.3 Å². The molecule has 5 heteroatoms. The Morgan fingerprint density at radius 1 is 1.29 bits per heavy atom. The SMILES string of the molecule is CCCCC/C=C/C(=O)N(C)CCC(=O)[O-].[K+]. The fraction of sp³-hybridized carbons (Fsp3) is 0.667. The first kappa shape index (κ1) is 19.7. The number of hydrogen-bond acceptors (Lipinski definition) is 3. The van der Waals surface area contributed by atoms with Gasteiger partial charge in [-0.25, -0.2) is 0 Å². The molecule has 0 aliphatic heterocycles. The molecule has 0 atom stereocenters. The van der Waals surface area contributed by atoms with E-state index >= 15 is 0 Å². The van der Waals surface area contributed by atoms with Crippen molar-refractivity contribution in [1.29, 1.82) is 0 Å². The summed E-state index contributed by atoms with van der Waals surface area (Å²) in [6.45, 7) is 2.32. The van der Waals surface area contributed by atoms with Crippen LogP contribution in [0.1, 0.15) is 39.0 Å². The molecule has 0 N–H and O–H groups in total. The molecule has 0 aromatic rings. The van der Waals surface area contributed by atoms with E-state index in [1.54, 1.807) is 7.05 Å². The van der Waals surface area contributed by atoms with Crippen LogP contribution in [-0.4, -0.2) is 30.4 Å². The number of likely N-dealkylation sites (N-methyl/N-ethyl adjacent to an activating group) is 1. The molecule has 0 saturated heterocycles. The van der Waals surface area contributed by atoms with Gasteiger partial charge in [0.2, 0.25) is 5.91 Å². The summed E-state index contributed by atoms with van der Waals surface area (Å²) in [6, 6.07) is 0. The van der Waals surface area contributed by atoms with Gasteiger partial charge in [0, 0.05) is 26.0 Å². The number of aliphatic carboxylic acids is 1. The van der Waals surface area contributed by atoms with Crippen LogP contribution in [0.5, 0.6) is 0 Å². The Balaban J connectivity index is 0. The Bertz CT molecular complexity index is 254. The molecule has 0 bridgehead atoms. The molecule has 0 aromatic carbocycles. The van der Waals surface area contributed by atoms with E-state index in [0.29, 0.717) is 0 Å². The average Bonchev–Trinajstić information content (AvgIpc) is 2.25.